The third-order valence-electron chi connectivity index (χ3n) is 4.94. The molecule has 0 aromatic carbocycles. The molecule has 3 heterocycles. The zero-order valence-electron chi connectivity index (χ0n) is 13.1. The van der Waals surface area contributed by atoms with Crippen LogP contribution in [-0.4, -0.2) is 46.4 Å². The minimum absolute atomic E-state index is 0. The third-order valence-corrected chi connectivity index (χ3v) is 4.94. The standard InChI is InChI=1S/C16H23N5O.ClH/c1-2-8-21-15(6-1)19-20-16(21)10-18-13-5-3-4-12(13)14-11-22-9-7-17-14;/h1-2,6,8,12-14,17-18H,3-5,7,9-11H2;1H. The average Bonchev–Trinajstić information content (AvgIpc) is 3.20. The van der Waals surface area contributed by atoms with Gasteiger partial charge in [0.25, 0.3) is 0 Å². The number of morpholine rings is 1. The van der Waals surface area contributed by atoms with E-state index in [-0.39, 0.29) is 12.4 Å². The maximum absolute atomic E-state index is 5.63. The Kier molecular flexibility index (Phi) is 5.48. The van der Waals surface area contributed by atoms with Crippen LogP contribution in [0.4, 0.5) is 0 Å². The van der Waals surface area contributed by atoms with Crippen molar-refractivity contribution >= 4 is 18.1 Å². The van der Waals surface area contributed by atoms with Gasteiger partial charge in [0.2, 0.25) is 0 Å². The summed E-state index contributed by atoms with van der Waals surface area (Å²) >= 11 is 0. The summed E-state index contributed by atoms with van der Waals surface area (Å²) in [4.78, 5) is 0. The Morgan fingerprint density at radius 1 is 1.30 bits per heavy atom. The molecule has 1 saturated heterocycles. The molecule has 0 radical (unpaired) electrons. The van der Waals surface area contributed by atoms with Gasteiger partial charge in [-0.25, -0.2) is 0 Å². The molecule has 126 valence electrons. The Balaban J connectivity index is 0.00000156. The van der Waals surface area contributed by atoms with Crippen molar-refractivity contribution in [1.82, 2.24) is 25.2 Å². The van der Waals surface area contributed by atoms with Gasteiger partial charge in [0.05, 0.1) is 19.8 Å². The molecule has 23 heavy (non-hydrogen) atoms. The van der Waals surface area contributed by atoms with Crippen molar-refractivity contribution < 1.29 is 4.74 Å². The van der Waals surface area contributed by atoms with E-state index in [1.807, 2.05) is 24.4 Å². The first kappa shape index (κ1) is 16.6. The van der Waals surface area contributed by atoms with Crippen molar-refractivity contribution in [2.45, 2.75) is 37.9 Å². The lowest BCUT2D eigenvalue weighted by molar-refractivity contribution is 0.0524. The van der Waals surface area contributed by atoms with Crippen LogP contribution in [-0.2, 0) is 11.3 Å². The molecule has 2 aromatic heterocycles. The van der Waals surface area contributed by atoms with Crippen LogP contribution >= 0.6 is 12.4 Å². The highest BCUT2D eigenvalue weighted by Gasteiger charge is 2.34. The van der Waals surface area contributed by atoms with E-state index < -0.39 is 0 Å². The molecule has 4 rings (SSSR count). The van der Waals surface area contributed by atoms with Gasteiger partial charge in [0.15, 0.2) is 11.5 Å². The average molecular weight is 338 g/mol. The number of rotatable bonds is 4. The van der Waals surface area contributed by atoms with E-state index in [1.165, 1.54) is 19.3 Å². The highest BCUT2D eigenvalue weighted by molar-refractivity contribution is 5.85. The van der Waals surface area contributed by atoms with E-state index in [9.17, 15) is 0 Å². The fraction of sp³-hybridized carbons (Fsp3) is 0.625. The second kappa shape index (κ2) is 7.57. The van der Waals surface area contributed by atoms with E-state index in [0.29, 0.717) is 18.0 Å². The van der Waals surface area contributed by atoms with Gasteiger partial charge in [-0.15, -0.1) is 22.6 Å². The molecule has 1 aliphatic carbocycles. The summed E-state index contributed by atoms with van der Waals surface area (Å²) in [7, 11) is 0. The lowest BCUT2D eigenvalue weighted by Gasteiger charge is -2.32. The number of pyridine rings is 1. The predicted molar refractivity (Wildman–Crippen MR) is 90.8 cm³/mol. The molecule has 2 aromatic rings. The van der Waals surface area contributed by atoms with Crippen LogP contribution in [0.25, 0.3) is 5.65 Å². The quantitative estimate of drug-likeness (QED) is 0.883. The third kappa shape index (κ3) is 3.50. The fourth-order valence-electron chi connectivity index (χ4n) is 3.82. The van der Waals surface area contributed by atoms with Crippen molar-refractivity contribution in [3.8, 4) is 0 Å². The number of ether oxygens (including phenoxy) is 1. The van der Waals surface area contributed by atoms with E-state index in [2.05, 4.69) is 25.2 Å². The topological polar surface area (TPSA) is 63.5 Å². The first-order valence-electron chi connectivity index (χ1n) is 8.25. The molecule has 0 bridgehead atoms. The van der Waals surface area contributed by atoms with Crippen molar-refractivity contribution in [3.05, 3.63) is 30.2 Å². The molecule has 2 fully saturated rings. The number of nitrogens with zero attached hydrogens (tertiary/aromatic N) is 3. The van der Waals surface area contributed by atoms with E-state index >= 15 is 0 Å². The number of hydrogen-bond donors (Lipinski definition) is 2. The van der Waals surface area contributed by atoms with Crippen molar-refractivity contribution in [1.29, 1.82) is 0 Å². The molecule has 2 aliphatic rings. The Hall–Kier alpha value is -1.21. The SMILES string of the molecule is Cl.c1ccn2c(CNC3CCCC3C3COCCN3)nnc2c1. The summed E-state index contributed by atoms with van der Waals surface area (Å²) < 4.78 is 7.69. The molecule has 3 unspecified atom stereocenters. The number of aromatic nitrogens is 3. The van der Waals surface area contributed by atoms with Gasteiger partial charge >= 0.3 is 0 Å². The van der Waals surface area contributed by atoms with E-state index in [0.717, 1.165) is 37.8 Å². The minimum atomic E-state index is 0. The Morgan fingerprint density at radius 3 is 3.13 bits per heavy atom. The normalized spacial score (nSPS) is 27.9. The maximum atomic E-state index is 5.63. The van der Waals surface area contributed by atoms with Crippen molar-refractivity contribution in [2.75, 3.05) is 19.8 Å². The summed E-state index contributed by atoms with van der Waals surface area (Å²) in [5, 5.41) is 15.8. The monoisotopic (exact) mass is 337 g/mol. The van der Waals surface area contributed by atoms with E-state index in [1.54, 1.807) is 0 Å². The van der Waals surface area contributed by atoms with Gasteiger partial charge < -0.3 is 15.4 Å². The number of halogens is 1. The molecular weight excluding hydrogens is 314 g/mol. The molecule has 1 aliphatic heterocycles. The Bertz CT molecular complexity index is 628. The molecule has 0 amide bonds. The largest absolute Gasteiger partial charge is 0.379 e. The van der Waals surface area contributed by atoms with Gasteiger partial charge in [-0.1, -0.05) is 12.5 Å². The lowest BCUT2D eigenvalue weighted by Crippen LogP contribution is -2.50. The van der Waals surface area contributed by atoms with E-state index in [4.69, 9.17) is 4.74 Å². The zero-order chi connectivity index (χ0) is 14.8. The fourth-order valence-corrected chi connectivity index (χ4v) is 3.82. The zero-order valence-corrected chi connectivity index (χ0v) is 14.0. The van der Waals surface area contributed by atoms with Gasteiger partial charge in [-0.05, 0) is 30.9 Å². The van der Waals surface area contributed by atoms with Crippen LogP contribution in [0.15, 0.2) is 24.4 Å². The molecule has 7 heteroatoms. The predicted octanol–water partition coefficient (Wildman–Crippen LogP) is 1.40. The first-order valence-corrected chi connectivity index (χ1v) is 8.25. The second-order valence-electron chi connectivity index (χ2n) is 6.26. The van der Waals surface area contributed by atoms with Gasteiger partial charge in [-0.2, -0.15) is 0 Å². The van der Waals surface area contributed by atoms with Gasteiger partial charge in [0.1, 0.15) is 0 Å². The highest BCUT2D eigenvalue weighted by Crippen LogP contribution is 2.29. The maximum Gasteiger partial charge on any atom is 0.160 e. The van der Waals surface area contributed by atoms with Crippen LogP contribution < -0.4 is 10.6 Å². The van der Waals surface area contributed by atoms with Crippen LogP contribution in [0.1, 0.15) is 25.1 Å². The smallest absolute Gasteiger partial charge is 0.160 e. The van der Waals surface area contributed by atoms with Gasteiger partial charge in [0, 0.05) is 24.8 Å². The van der Waals surface area contributed by atoms with Crippen LogP contribution in [0.3, 0.4) is 0 Å². The Labute approximate surface area is 142 Å². The summed E-state index contributed by atoms with van der Waals surface area (Å²) in [6, 6.07) is 7.02. The lowest BCUT2D eigenvalue weighted by atomic mass is 9.94. The van der Waals surface area contributed by atoms with Gasteiger partial charge in [-0.3, -0.25) is 4.40 Å². The van der Waals surface area contributed by atoms with Crippen LogP contribution in [0, 0.1) is 5.92 Å². The summed E-state index contributed by atoms with van der Waals surface area (Å²) in [5.41, 5.74) is 0.907. The molecule has 6 nitrogen and oxygen atoms in total. The van der Waals surface area contributed by atoms with Crippen LogP contribution in [0.2, 0.25) is 0 Å². The first-order chi connectivity index (χ1) is 10.9. The molecule has 1 saturated carbocycles. The highest BCUT2D eigenvalue weighted by atomic mass is 35.5. The number of fused-ring (bicyclic) bond motifs is 1. The molecular formula is C16H24ClN5O. The number of nitrogens with one attached hydrogen (secondary N) is 2. The summed E-state index contributed by atoms with van der Waals surface area (Å²) in [5.74, 6) is 1.63. The van der Waals surface area contributed by atoms with Crippen molar-refractivity contribution in [3.63, 3.8) is 0 Å². The summed E-state index contributed by atoms with van der Waals surface area (Å²) in [6.45, 7) is 3.42. The molecule has 0 spiro atoms. The molecule has 2 N–H and O–H groups in total. The minimum Gasteiger partial charge on any atom is -0.379 e. The molecule has 3 atom stereocenters. The van der Waals surface area contributed by atoms with Crippen LogP contribution in [0.5, 0.6) is 0 Å². The second-order valence-corrected chi connectivity index (χ2v) is 6.26. The van der Waals surface area contributed by atoms with Crippen molar-refractivity contribution in [2.24, 2.45) is 5.92 Å². The summed E-state index contributed by atoms with van der Waals surface area (Å²) in [6.07, 6.45) is 5.83. The Morgan fingerprint density at radius 2 is 2.26 bits per heavy atom. The number of hydrogen-bond acceptors (Lipinski definition) is 5.